The number of amides is 1. The highest BCUT2D eigenvalue weighted by molar-refractivity contribution is 5.96. The zero-order valence-corrected chi connectivity index (χ0v) is 18.0. The van der Waals surface area contributed by atoms with Crippen LogP contribution in [0.15, 0.2) is 55.1 Å². The topological polar surface area (TPSA) is 97.2 Å². The maximum Gasteiger partial charge on any atom is 0.270 e. The fourth-order valence-electron chi connectivity index (χ4n) is 3.97. The van der Waals surface area contributed by atoms with Crippen molar-refractivity contribution in [2.24, 2.45) is 0 Å². The molecular weight excluding hydrogens is 404 g/mol. The van der Waals surface area contributed by atoms with Gasteiger partial charge < -0.3 is 15.0 Å². The second-order valence-electron chi connectivity index (χ2n) is 7.64. The number of methoxy groups -OCH3 is 1. The Labute approximate surface area is 184 Å². The maximum atomic E-state index is 13.0. The minimum Gasteiger partial charge on any atom is -0.497 e. The molecule has 2 N–H and O–H groups in total. The number of pyridine rings is 1. The van der Waals surface area contributed by atoms with E-state index in [0.717, 1.165) is 39.2 Å². The summed E-state index contributed by atoms with van der Waals surface area (Å²) in [4.78, 5) is 29.6. The van der Waals surface area contributed by atoms with Crippen molar-refractivity contribution in [2.45, 2.75) is 20.4 Å². The Hall–Kier alpha value is -4.20. The second-order valence-corrected chi connectivity index (χ2v) is 7.64. The molecule has 4 aromatic heterocycles. The predicted octanol–water partition coefficient (Wildman–Crippen LogP) is 3.83. The van der Waals surface area contributed by atoms with Crippen LogP contribution in [0.5, 0.6) is 5.75 Å². The Morgan fingerprint density at radius 2 is 2.06 bits per heavy atom. The molecule has 0 aliphatic rings. The Bertz CT molecular complexity index is 1470. The van der Waals surface area contributed by atoms with Crippen molar-refractivity contribution in [1.82, 2.24) is 29.7 Å². The van der Waals surface area contributed by atoms with Crippen LogP contribution in [-0.2, 0) is 6.54 Å². The fourth-order valence-corrected chi connectivity index (χ4v) is 3.97. The van der Waals surface area contributed by atoms with Gasteiger partial charge in [0, 0.05) is 29.9 Å². The lowest BCUT2D eigenvalue weighted by Crippen LogP contribution is -2.25. The Morgan fingerprint density at radius 3 is 2.91 bits per heavy atom. The minimum atomic E-state index is -0.184. The average Bonchev–Trinajstić information content (AvgIpc) is 3.36. The SMILES string of the molecule is COc1cccc(CNC(=O)c2c(C)nc3cc(-c4ncnc5[nH]cc(C)c45)ccn23)c1. The van der Waals surface area contributed by atoms with Crippen LogP contribution in [0.25, 0.3) is 27.9 Å². The summed E-state index contributed by atoms with van der Waals surface area (Å²) in [6, 6.07) is 11.5. The third kappa shape index (κ3) is 3.35. The fraction of sp³-hybridized carbons (Fsp3) is 0.167. The lowest BCUT2D eigenvalue weighted by molar-refractivity contribution is 0.0944. The largest absolute Gasteiger partial charge is 0.497 e. The highest BCUT2D eigenvalue weighted by Gasteiger charge is 2.18. The van der Waals surface area contributed by atoms with Crippen molar-refractivity contribution in [2.75, 3.05) is 7.11 Å². The van der Waals surface area contributed by atoms with Gasteiger partial charge in [-0.15, -0.1) is 0 Å². The summed E-state index contributed by atoms with van der Waals surface area (Å²) in [6.45, 7) is 4.26. The van der Waals surface area contributed by atoms with Crippen LogP contribution in [0.4, 0.5) is 0 Å². The summed E-state index contributed by atoms with van der Waals surface area (Å²) in [7, 11) is 1.62. The van der Waals surface area contributed by atoms with E-state index in [0.29, 0.717) is 23.6 Å². The van der Waals surface area contributed by atoms with Crippen LogP contribution in [0, 0.1) is 13.8 Å². The number of aromatic amines is 1. The first-order valence-corrected chi connectivity index (χ1v) is 10.2. The van der Waals surface area contributed by atoms with E-state index in [-0.39, 0.29) is 5.91 Å². The van der Waals surface area contributed by atoms with E-state index in [1.807, 2.05) is 67.0 Å². The van der Waals surface area contributed by atoms with Gasteiger partial charge in [-0.3, -0.25) is 9.20 Å². The van der Waals surface area contributed by atoms with Gasteiger partial charge in [0.25, 0.3) is 5.91 Å². The molecule has 5 rings (SSSR count). The van der Waals surface area contributed by atoms with Gasteiger partial charge in [0.1, 0.15) is 29.1 Å². The van der Waals surface area contributed by atoms with Crippen molar-refractivity contribution >= 4 is 22.6 Å². The first-order chi connectivity index (χ1) is 15.5. The standard InChI is InChI=1S/C24H22N6O2/c1-14-11-25-23-20(14)21(27-13-28-23)17-7-8-30-19(10-17)29-15(2)22(30)24(31)26-12-16-5-4-6-18(9-16)32-3/h4-11,13H,12H2,1-3H3,(H,26,31)(H,25,27,28). The maximum absolute atomic E-state index is 13.0. The number of H-pyrrole nitrogens is 1. The van der Waals surface area contributed by atoms with E-state index < -0.39 is 0 Å². The van der Waals surface area contributed by atoms with E-state index in [2.05, 4.69) is 25.3 Å². The van der Waals surface area contributed by atoms with Gasteiger partial charge in [-0.25, -0.2) is 15.0 Å². The van der Waals surface area contributed by atoms with Gasteiger partial charge in [0.2, 0.25) is 0 Å². The van der Waals surface area contributed by atoms with Crippen LogP contribution in [0.2, 0.25) is 0 Å². The number of hydrogen-bond acceptors (Lipinski definition) is 5. The van der Waals surface area contributed by atoms with E-state index in [4.69, 9.17) is 4.74 Å². The number of nitrogens with one attached hydrogen (secondary N) is 2. The zero-order valence-electron chi connectivity index (χ0n) is 18.0. The lowest BCUT2D eigenvalue weighted by Gasteiger charge is -2.08. The van der Waals surface area contributed by atoms with Gasteiger partial charge in [0.05, 0.1) is 18.5 Å². The molecule has 32 heavy (non-hydrogen) atoms. The molecule has 0 spiro atoms. The first kappa shape index (κ1) is 19.7. The molecule has 5 aromatic rings. The van der Waals surface area contributed by atoms with Gasteiger partial charge in [-0.2, -0.15) is 0 Å². The highest BCUT2D eigenvalue weighted by Crippen LogP contribution is 2.28. The Kier molecular flexibility index (Phi) is 4.82. The van der Waals surface area contributed by atoms with Crippen LogP contribution >= 0.6 is 0 Å². The van der Waals surface area contributed by atoms with Gasteiger partial charge in [-0.1, -0.05) is 12.1 Å². The Balaban J connectivity index is 1.47. The van der Waals surface area contributed by atoms with E-state index >= 15 is 0 Å². The molecule has 0 radical (unpaired) electrons. The molecule has 160 valence electrons. The van der Waals surface area contributed by atoms with Gasteiger partial charge in [0.15, 0.2) is 0 Å². The molecule has 0 saturated carbocycles. The van der Waals surface area contributed by atoms with E-state index in [1.54, 1.807) is 13.4 Å². The third-order valence-electron chi connectivity index (χ3n) is 5.54. The molecule has 0 atom stereocenters. The highest BCUT2D eigenvalue weighted by atomic mass is 16.5. The van der Waals surface area contributed by atoms with Crippen molar-refractivity contribution in [3.63, 3.8) is 0 Å². The molecule has 1 amide bonds. The number of fused-ring (bicyclic) bond motifs is 2. The summed E-state index contributed by atoms with van der Waals surface area (Å²) in [6.07, 6.45) is 5.33. The minimum absolute atomic E-state index is 0.184. The molecule has 0 saturated heterocycles. The molecule has 8 nitrogen and oxygen atoms in total. The van der Waals surface area contributed by atoms with Crippen molar-refractivity contribution in [3.05, 3.63) is 77.6 Å². The number of ether oxygens (including phenoxy) is 1. The number of imidazole rings is 1. The number of hydrogen-bond donors (Lipinski definition) is 2. The first-order valence-electron chi connectivity index (χ1n) is 10.2. The normalized spacial score (nSPS) is 11.2. The summed E-state index contributed by atoms with van der Waals surface area (Å²) in [5.41, 5.74) is 6.45. The molecule has 4 heterocycles. The number of nitrogens with zero attached hydrogens (tertiary/aromatic N) is 4. The summed E-state index contributed by atoms with van der Waals surface area (Å²) < 4.78 is 7.06. The van der Waals surface area contributed by atoms with Crippen molar-refractivity contribution < 1.29 is 9.53 Å². The molecule has 0 aliphatic heterocycles. The van der Waals surface area contributed by atoms with Crippen molar-refractivity contribution in [1.29, 1.82) is 0 Å². The number of rotatable bonds is 5. The smallest absolute Gasteiger partial charge is 0.270 e. The molecule has 0 aliphatic carbocycles. The zero-order chi connectivity index (χ0) is 22.2. The number of carbonyl (C=O) groups is 1. The van der Waals surface area contributed by atoms with Gasteiger partial charge in [-0.05, 0) is 49.2 Å². The number of benzene rings is 1. The molecule has 0 fully saturated rings. The van der Waals surface area contributed by atoms with Crippen molar-refractivity contribution in [3.8, 4) is 17.0 Å². The molecule has 8 heteroatoms. The van der Waals surface area contributed by atoms with E-state index in [9.17, 15) is 4.79 Å². The average molecular weight is 426 g/mol. The van der Waals surface area contributed by atoms with Crippen LogP contribution in [0.3, 0.4) is 0 Å². The molecule has 0 unspecified atom stereocenters. The molecule has 0 bridgehead atoms. The monoisotopic (exact) mass is 426 g/mol. The number of carbonyl (C=O) groups excluding carboxylic acids is 1. The van der Waals surface area contributed by atoms with Crippen LogP contribution < -0.4 is 10.1 Å². The van der Waals surface area contributed by atoms with Gasteiger partial charge >= 0.3 is 0 Å². The predicted molar refractivity (Wildman–Crippen MR) is 122 cm³/mol. The lowest BCUT2D eigenvalue weighted by atomic mass is 10.1. The molecular formula is C24H22N6O2. The number of aromatic nitrogens is 5. The summed E-state index contributed by atoms with van der Waals surface area (Å²) in [5.74, 6) is 0.572. The van der Waals surface area contributed by atoms with Crippen LogP contribution in [0.1, 0.15) is 27.3 Å². The summed E-state index contributed by atoms with van der Waals surface area (Å²) in [5, 5.41) is 3.96. The van der Waals surface area contributed by atoms with Crippen LogP contribution in [-0.4, -0.2) is 37.4 Å². The number of aryl methyl sites for hydroxylation is 2. The third-order valence-corrected chi connectivity index (χ3v) is 5.54. The van der Waals surface area contributed by atoms with E-state index in [1.165, 1.54) is 0 Å². The molecule has 1 aromatic carbocycles. The quantitative estimate of drug-likeness (QED) is 0.445. The Morgan fingerprint density at radius 1 is 1.19 bits per heavy atom. The summed E-state index contributed by atoms with van der Waals surface area (Å²) >= 11 is 0. The second kappa shape index (κ2) is 7.81.